The molecule has 0 aromatic heterocycles. The van der Waals surface area contributed by atoms with Gasteiger partial charge in [-0.1, -0.05) is 17.7 Å². The van der Waals surface area contributed by atoms with Crippen molar-refractivity contribution in [1.29, 1.82) is 0 Å². The lowest BCUT2D eigenvalue weighted by atomic mass is 10.1. The van der Waals surface area contributed by atoms with Gasteiger partial charge in [0.1, 0.15) is 6.67 Å². The van der Waals surface area contributed by atoms with E-state index in [2.05, 4.69) is 26.1 Å². The normalized spacial score (nSPS) is 19.2. The van der Waals surface area contributed by atoms with Gasteiger partial charge < -0.3 is 5.32 Å². The zero-order chi connectivity index (χ0) is 12.3. The smallest absolute Gasteiger partial charge is 0.109 e. The van der Waals surface area contributed by atoms with E-state index in [0.717, 1.165) is 36.2 Å². The first-order chi connectivity index (χ1) is 8.22. The number of alkyl halides is 1. The second-order valence-electron chi connectivity index (χ2n) is 4.13. The molecule has 0 bridgehead atoms. The Morgan fingerprint density at radius 2 is 2.12 bits per heavy atom. The number of piperazine rings is 1. The average Bonchev–Trinajstić information content (AvgIpc) is 2.36. The fourth-order valence-corrected chi connectivity index (χ4v) is 2.62. The summed E-state index contributed by atoms with van der Waals surface area (Å²) in [5, 5.41) is 3.93. The lowest BCUT2D eigenvalue weighted by molar-refractivity contribution is 0.147. The molecule has 5 heteroatoms. The SMILES string of the molecule is FC[C@H](c1ccc(Cl)c(Br)c1)N1CCNCC1. The van der Waals surface area contributed by atoms with E-state index in [9.17, 15) is 4.39 Å². The van der Waals surface area contributed by atoms with Gasteiger partial charge in [-0.2, -0.15) is 0 Å². The Hall–Kier alpha value is -0.160. The van der Waals surface area contributed by atoms with Crippen LogP contribution in [-0.2, 0) is 0 Å². The molecule has 94 valence electrons. The Bertz CT molecular complexity index is 383. The average molecular weight is 322 g/mol. The van der Waals surface area contributed by atoms with Gasteiger partial charge in [0.25, 0.3) is 0 Å². The predicted octanol–water partition coefficient (Wildman–Crippen LogP) is 3.02. The number of benzene rings is 1. The van der Waals surface area contributed by atoms with Crippen LogP contribution in [0.3, 0.4) is 0 Å². The number of rotatable bonds is 3. The van der Waals surface area contributed by atoms with Crippen molar-refractivity contribution in [2.45, 2.75) is 6.04 Å². The van der Waals surface area contributed by atoms with Gasteiger partial charge in [-0.25, -0.2) is 4.39 Å². The van der Waals surface area contributed by atoms with Gasteiger partial charge in [-0.15, -0.1) is 0 Å². The van der Waals surface area contributed by atoms with Crippen molar-refractivity contribution in [3.63, 3.8) is 0 Å². The zero-order valence-electron chi connectivity index (χ0n) is 9.43. The summed E-state index contributed by atoms with van der Waals surface area (Å²) in [7, 11) is 0. The van der Waals surface area contributed by atoms with Crippen LogP contribution < -0.4 is 5.32 Å². The van der Waals surface area contributed by atoms with Crippen molar-refractivity contribution in [2.75, 3.05) is 32.9 Å². The second kappa shape index (κ2) is 6.14. The van der Waals surface area contributed by atoms with Crippen LogP contribution in [0.1, 0.15) is 11.6 Å². The van der Waals surface area contributed by atoms with E-state index in [1.165, 1.54) is 0 Å². The van der Waals surface area contributed by atoms with Gasteiger partial charge in [0.05, 0.1) is 11.1 Å². The van der Waals surface area contributed by atoms with E-state index in [0.29, 0.717) is 5.02 Å². The summed E-state index contributed by atoms with van der Waals surface area (Å²) < 4.78 is 14.1. The predicted molar refractivity (Wildman–Crippen MR) is 72.3 cm³/mol. The van der Waals surface area contributed by atoms with E-state index in [4.69, 9.17) is 11.6 Å². The van der Waals surface area contributed by atoms with Crippen molar-refractivity contribution < 1.29 is 4.39 Å². The Labute approximate surface area is 114 Å². The third-order valence-electron chi connectivity index (χ3n) is 3.07. The highest BCUT2D eigenvalue weighted by Crippen LogP contribution is 2.29. The largest absolute Gasteiger partial charge is 0.314 e. The van der Waals surface area contributed by atoms with Gasteiger partial charge in [0.15, 0.2) is 0 Å². The zero-order valence-corrected chi connectivity index (χ0v) is 11.8. The molecule has 1 saturated heterocycles. The minimum absolute atomic E-state index is 0.161. The lowest BCUT2D eigenvalue weighted by Crippen LogP contribution is -2.45. The number of hydrogen-bond donors (Lipinski definition) is 1. The summed E-state index contributed by atoms with van der Waals surface area (Å²) in [6.45, 7) is 3.24. The van der Waals surface area contributed by atoms with Gasteiger partial charge >= 0.3 is 0 Å². The van der Waals surface area contributed by atoms with Crippen LogP contribution in [-0.4, -0.2) is 37.8 Å². The number of nitrogens with one attached hydrogen (secondary N) is 1. The van der Waals surface area contributed by atoms with Crippen LogP contribution >= 0.6 is 27.5 Å². The van der Waals surface area contributed by atoms with Gasteiger partial charge in [-0.05, 0) is 33.6 Å². The van der Waals surface area contributed by atoms with Crippen LogP contribution in [0.15, 0.2) is 22.7 Å². The molecule has 0 saturated carbocycles. The molecule has 1 aliphatic rings. The molecule has 0 spiro atoms. The molecule has 2 rings (SSSR count). The molecule has 17 heavy (non-hydrogen) atoms. The number of halogens is 3. The lowest BCUT2D eigenvalue weighted by Gasteiger charge is -2.33. The third-order valence-corrected chi connectivity index (χ3v) is 4.28. The molecule has 1 aliphatic heterocycles. The molecule has 0 aliphatic carbocycles. The summed E-state index contributed by atoms with van der Waals surface area (Å²) in [4.78, 5) is 2.17. The van der Waals surface area contributed by atoms with Crippen molar-refractivity contribution >= 4 is 27.5 Å². The summed E-state index contributed by atoms with van der Waals surface area (Å²) >= 11 is 9.33. The molecule has 2 nitrogen and oxygen atoms in total. The van der Waals surface area contributed by atoms with Crippen LogP contribution in [0.25, 0.3) is 0 Å². The van der Waals surface area contributed by atoms with Gasteiger partial charge in [0.2, 0.25) is 0 Å². The highest BCUT2D eigenvalue weighted by atomic mass is 79.9. The topological polar surface area (TPSA) is 15.3 Å². The molecule has 0 radical (unpaired) electrons. The Kier molecular flexibility index (Phi) is 4.79. The Morgan fingerprint density at radius 1 is 1.41 bits per heavy atom. The van der Waals surface area contributed by atoms with Crippen molar-refractivity contribution in [3.05, 3.63) is 33.3 Å². The van der Waals surface area contributed by atoms with Crippen molar-refractivity contribution in [3.8, 4) is 0 Å². The molecule has 1 heterocycles. The number of nitrogens with zero attached hydrogens (tertiary/aromatic N) is 1. The van der Waals surface area contributed by atoms with E-state index in [-0.39, 0.29) is 12.7 Å². The Balaban J connectivity index is 2.18. The molecule has 1 atom stereocenters. The maximum Gasteiger partial charge on any atom is 0.109 e. The fourth-order valence-electron chi connectivity index (χ4n) is 2.11. The molecule has 1 fully saturated rings. The summed E-state index contributed by atoms with van der Waals surface area (Å²) in [6, 6.07) is 5.46. The standard InChI is InChI=1S/C12H15BrClFN2/c13-10-7-9(1-2-11(10)14)12(8-15)17-5-3-16-4-6-17/h1-2,7,12,16H,3-6,8H2/t12-/m1/s1. The monoisotopic (exact) mass is 320 g/mol. The molecular weight excluding hydrogens is 307 g/mol. The molecule has 1 N–H and O–H groups in total. The van der Waals surface area contributed by atoms with Crippen LogP contribution in [0, 0.1) is 0 Å². The maximum absolute atomic E-state index is 13.2. The first-order valence-electron chi connectivity index (χ1n) is 5.68. The first kappa shape index (κ1) is 13.3. The fraction of sp³-hybridized carbons (Fsp3) is 0.500. The molecular formula is C12H15BrClFN2. The molecule has 1 aromatic carbocycles. The minimum Gasteiger partial charge on any atom is -0.314 e. The first-order valence-corrected chi connectivity index (χ1v) is 6.85. The third kappa shape index (κ3) is 3.19. The van der Waals surface area contributed by atoms with E-state index >= 15 is 0 Å². The Morgan fingerprint density at radius 3 is 2.71 bits per heavy atom. The highest BCUT2D eigenvalue weighted by Gasteiger charge is 2.22. The van der Waals surface area contributed by atoms with Crippen LogP contribution in [0.5, 0.6) is 0 Å². The highest BCUT2D eigenvalue weighted by molar-refractivity contribution is 9.10. The van der Waals surface area contributed by atoms with Gasteiger partial charge in [0, 0.05) is 30.7 Å². The van der Waals surface area contributed by atoms with Crippen LogP contribution in [0.4, 0.5) is 4.39 Å². The quantitative estimate of drug-likeness (QED) is 0.920. The number of hydrogen-bond acceptors (Lipinski definition) is 2. The minimum atomic E-state index is -0.367. The molecule has 0 amide bonds. The summed E-state index contributed by atoms with van der Waals surface area (Å²) in [6.07, 6.45) is 0. The molecule has 0 unspecified atom stereocenters. The van der Waals surface area contributed by atoms with Crippen LogP contribution in [0.2, 0.25) is 5.02 Å². The maximum atomic E-state index is 13.2. The second-order valence-corrected chi connectivity index (χ2v) is 5.39. The van der Waals surface area contributed by atoms with Crippen molar-refractivity contribution in [2.24, 2.45) is 0 Å². The summed E-state index contributed by atoms with van der Waals surface area (Å²) in [5.74, 6) is 0. The summed E-state index contributed by atoms with van der Waals surface area (Å²) in [5.41, 5.74) is 0.977. The van der Waals surface area contributed by atoms with Gasteiger partial charge in [-0.3, -0.25) is 4.90 Å². The van der Waals surface area contributed by atoms with Crippen molar-refractivity contribution in [1.82, 2.24) is 10.2 Å². The molecule has 1 aromatic rings. The van der Waals surface area contributed by atoms with E-state index in [1.54, 1.807) is 0 Å². The van der Waals surface area contributed by atoms with E-state index in [1.807, 2.05) is 18.2 Å². The van der Waals surface area contributed by atoms with E-state index < -0.39 is 0 Å².